The lowest BCUT2D eigenvalue weighted by molar-refractivity contribution is -0.384. The van der Waals surface area contributed by atoms with Crippen LogP contribution in [-0.4, -0.2) is 20.2 Å². The Kier molecular flexibility index (Phi) is 3.04. The quantitative estimate of drug-likeness (QED) is 0.646. The summed E-state index contributed by atoms with van der Waals surface area (Å²) in [5, 5.41) is 18.7. The van der Waals surface area contributed by atoms with Crippen LogP contribution in [-0.2, 0) is 6.54 Å². The first kappa shape index (κ1) is 12.9. The van der Waals surface area contributed by atoms with Crippen LogP contribution in [0.25, 0.3) is 0 Å². The average molecular weight is 252 g/mol. The van der Waals surface area contributed by atoms with Crippen LogP contribution in [0, 0.1) is 23.0 Å². The Morgan fingerprint density at radius 2 is 2.17 bits per heavy atom. The summed E-state index contributed by atoms with van der Waals surface area (Å²) in [7, 11) is 0. The van der Waals surface area contributed by atoms with E-state index in [4.69, 9.17) is 0 Å². The predicted molar refractivity (Wildman–Crippen MR) is 69.7 cm³/mol. The number of aryl methyl sites for hydroxylation is 2. The molecule has 0 unspecified atom stereocenters. The van der Waals surface area contributed by atoms with E-state index in [1.807, 2.05) is 6.92 Å². The second-order valence-corrected chi connectivity index (χ2v) is 5.48. The number of nitrogens with zero attached hydrogens (tertiary/aromatic N) is 3. The van der Waals surface area contributed by atoms with Gasteiger partial charge < -0.3 is 5.32 Å². The topological polar surface area (TPSA) is 73.0 Å². The summed E-state index contributed by atoms with van der Waals surface area (Å²) in [5.41, 5.74) is 0.450. The van der Waals surface area contributed by atoms with Crippen molar-refractivity contribution < 1.29 is 4.92 Å². The Morgan fingerprint density at radius 1 is 1.56 bits per heavy atom. The van der Waals surface area contributed by atoms with Crippen molar-refractivity contribution in [1.82, 2.24) is 9.78 Å². The Bertz CT molecular complexity index is 475. The highest BCUT2D eigenvalue weighted by Crippen LogP contribution is 2.42. The molecule has 1 saturated carbocycles. The van der Waals surface area contributed by atoms with Crippen molar-refractivity contribution >= 4 is 11.5 Å². The van der Waals surface area contributed by atoms with Crippen LogP contribution >= 0.6 is 0 Å². The monoisotopic (exact) mass is 252 g/mol. The summed E-state index contributed by atoms with van der Waals surface area (Å²) >= 11 is 0. The van der Waals surface area contributed by atoms with Crippen molar-refractivity contribution in [1.29, 1.82) is 0 Å². The summed E-state index contributed by atoms with van der Waals surface area (Å²) in [6.45, 7) is 8.43. The molecular formula is C12H20N4O2. The van der Waals surface area contributed by atoms with Gasteiger partial charge >= 0.3 is 5.69 Å². The van der Waals surface area contributed by atoms with E-state index in [0.29, 0.717) is 24.0 Å². The van der Waals surface area contributed by atoms with Crippen LogP contribution in [0.5, 0.6) is 0 Å². The SMILES string of the molecule is CCn1nc(C)c([N+](=O)[O-])c1NC(C)(C)C1CC1. The van der Waals surface area contributed by atoms with Gasteiger partial charge in [-0.15, -0.1) is 0 Å². The normalized spacial score (nSPS) is 15.8. The van der Waals surface area contributed by atoms with Crippen LogP contribution in [0.2, 0.25) is 0 Å². The largest absolute Gasteiger partial charge is 0.359 e. The van der Waals surface area contributed by atoms with E-state index in [-0.39, 0.29) is 16.1 Å². The molecule has 18 heavy (non-hydrogen) atoms. The third kappa shape index (κ3) is 2.19. The first-order chi connectivity index (χ1) is 8.36. The van der Waals surface area contributed by atoms with Crippen molar-refractivity contribution in [3.63, 3.8) is 0 Å². The highest BCUT2D eigenvalue weighted by atomic mass is 16.6. The number of hydrogen-bond acceptors (Lipinski definition) is 4. The number of hydrogen-bond donors (Lipinski definition) is 1. The zero-order valence-electron chi connectivity index (χ0n) is 11.4. The maximum absolute atomic E-state index is 11.2. The molecular weight excluding hydrogens is 232 g/mol. The minimum atomic E-state index is -0.347. The van der Waals surface area contributed by atoms with E-state index >= 15 is 0 Å². The lowest BCUT2D eigenvalue weighted by Crippen LogP contribution is -2.34. The number of anilines is 1. The van der Waals surface area contributed by atoms with Crippen molar-refractivity contribution in [2.45, 2.75) is 52.6 Å². The second-order valence-electron chi connectivity index (χ2n) is 5.48. The van der Waals surface area contributed by atoms with E-state index < -0.39 is 0 Å². The number of rotatable bonds is 5. The van der Waals surface area contributed by atoms with E-state index in [1.165, 1.54) is 12.8 Å². The lowest BCUT2D eigenvalue weighted by Gasteiger charge is -2.27. The van der Waals surface area contributed by atoms with Crippen LogP contribution in [0.1, 0.15) is 39.3 Å². The molecule has 1 aliphatic rings. The molecule has 0 spiro atoms. The molecule has 0 radical (unpaired) electrons. The van der Waals surface area contributed by atoms with E-state index in [9.17, 15) is 10.1 Å². The number of nitrogens with one attached hydrogen (secondary N) is 1. The Hall–Kier alpha value is -1.59. The summed E-state index contributed by atoms with van der Waals surface area (Å²) in [6.07, 6.45) is 2.38. The van der Waals surface area contributed by atoms with Gasteiger partial charge in [-0.3, -0.25) is 10.1 Å². The maximum Gasteiger partial charge on any atom is 0.333 e. The first-order valence-corrected chi connectivity index (χ1v) is 6.36. The van der Waals surface area contributed by atoms with Gasteiger partial charge in [0.1, 0.15) is 5.69 Å². The van der Waals surface area contributed by atoms with Crippen LogP contribution in [0.3, 0.4) is 0 Å². The van der Waals surface area contributed by atoms with Gasteiger partial charge in [-0.05, 0) is 46.5 Å². The molecule has 1 aromatic rings. The molecule has 6 heteroatoms. The van der Waals surface area contributed by atoms with Crippen LogP contribution in [0.15, 0.2) is 0 Å². The zero-order valence-corrected chi connectivity index (χ0v) is 11.4. The Morgan fingerprint density at radius 3 is 2.61 bits per heavy atom. The number of nitro groups is 1. The maximum atomic E-state index is 11.2. The molecule has 0 amide bonds. The summed E-state index contributed by atoms with van der Waals surface area (Å²) in [5.74, 6) is 1.13. The lowest BCUT2D eigenvalue weighted by atomic mass is 9.99. The summed E-state index contributed by atoms with van der Waals surface area (Å²) in [4.78, 5) is 10.8. The van der Waals surface area contributed by atoms with Gasteiger partial charge in [-0.1, -0.05) is 0 Å². The Labute approximate surface area is 107 Å². The standard InChI is InChI=1S/C12H20N4O2/c1-5-15-11(10(16(17)18)8(2)14-15)13-12(3,4)9-6-7-9/h9,13H,5-7H2,1-4H3. The fourth-order valence-corrected chi connectivity index (χ4v) is 2.36. The van der Waals surface area contributed by atoms with E-state index in [1.54, 1.807) is 11.6 Å². The van der Waals surface area contributed by atoms with Crippen LogP contribution < -0.4 is 5.32 Å². The molecule has 0 aromatic carbocycles. The summed E-state index contributed by atoms with van der Waals surface area (Å²) < 4.78 is 1.68. The summed E-state index contributed by atoms with van der Waals surface area (Å²) in [6, 6.07) is 0. The molecule has 2 rings (SSSR count). The molecule has 1 fully saturated rings. The van der Waals surface area contributed by atoms with Crippen molar-refractivity contribution in [2.75, 3.05) is 5.32 Å². The molecule has 1 aliphatic carbocycles. The van der Waals surface area contributed by atoms with Gasteiger partial charge in [0, 0.05) is 12.1 Å². The zero-order chi connectivity index (χ0) is 13.5. The molecule has 100 valence electrons. The fourth-order valence-electron chi connectivity index (χ4n) is 2.36. The minimum Gasteiger partial charge on any atom is -0.359 e. The smallest absolute Gasteiger partial charge is 0.333 e. The molecule has 6 nitrogen and oxygen atoms in total. The van der Waals surface area contributed by atoms with Crippen molar-refractivity contribution in [2.24, 2.45) is 5.92 Å². The van der Waals surface area contributed by atoms with Crippen LogP contribution in [0.4, 0.5) is 11.5 Å². The minimum absolute atomic E-state index is 0.102. The average Bonchev–Trinajstić information content (AvgIpc) is 3.04. The van der Waals surface area contributed by atoms with E-state index in [0.717, 1.165) is 0 Å². The first-order valence-electron chi connectivity index (χ1n) is 6.36. The third-order valence-electron chi connectivity index (χ3n) is 3.62. The van der Waals surface area contributed by atoms with Gasteiger partial charge in [0.15, 0.2) is 0 Å². The van der Waals surface area contributed by atoms with Crippen molar-refractivity contribution in [3.8, 4) is 0 Å². The fraction of sp³-hybridized carbons (Fsp3) is 0.750. The predicted octanol–water partition coefficient (Wildman–Crippen LogP) is 2.72. The van der Waals surface area contributed by atoms with Gasteiger partial charge in [-0.25, -0.2) is 4.68 Å². The van der Waals surface area contributed by atoms with Gasteiger partial charge in [0.25, 0.3) is 0 Å². The van der Waals surface area contributed by atoms with Gasteiger partial charge in [-0.2, -0.15) is 5.10 Å². The molecule has 0 saturated heterocycles. The Balaban J connectivity index is 2.38. The van der Waals surface area contributed by atoms with Gasteiger partial charge in [0.2, 0.25) is 5.82 Å². The molecule has 1 aromatic heterocycles. The highest BCUT2D eigenvalue weighted by Gasteiger charge is 2.40. The molecule has 1 N–H and O–H groups in total. The molecule has 0 aliphatic heterocycles. The second kappa shape index (κ2) is 4.26. The third-order valence-corrected chi connectivity index (χ3v) is 3.62. The van der Waals surface area contributed by atoms with E-state index in [2.05, 4.69) is 24.3 Å². The number of aromatic nitrogens is 2. The van der Waals surface area contributed by atoms with Gasteiger partial charge in [0.05, 0.1) is 4.92 Å². The highest BCUT2D eigenvalue weighted by molar-refractivity contribution is 5.60. The molecule has 0 bridgehead atoms. The molecule has 0 atom stereocenters. The molecule has 1 heterocycles. The van der Waals surface area contributed by atoms with Crippen molar-refractivity contribution in [3.05, 3.63) is 15.8 Å².